The lowest BCUT2D eigenvalue weighted by molar-refractivity contribution is -0.193. The first-order chi connectivity index (χ1) is 21.6. The number of ether oxygens (including phenoxy) is 1. The van der Waals surface area contributed by atoms with E-state index in [0.29, 0.717) is 17.9 Å². The van der Waals surface area contributed by atoms with Crippen LogP contribution in [0, 0.1) is 11.3 Å². The second-order valence-electron chi connectivity index (χ2n) is 10.3. The van der Waals surface area contributed by atoms with Gasteiger partial charge in [-0.05, 0) is 43.8 Å². The summed E-state index contributed by atoms with van der Waals surface area (Å²) in [5, 5.41) is 21.4. The van der Waals surface area contributed by atoms with Crippen molar-refractivity contribution in [1.29, 1.82) is 0 Å². The molecule has 0 saturated carbocycles. The first-order valence-electron chi connectivity index (χ1n) is 13.2. The Morgan fingerprint density at radius 1 is 0.872 bits per heavy atom. The van der Waals surface area contributed by atoms with E-state index >= 15 is 0 Å². The van der Waals surface area contributed by atoms with Crippen molar-refractivity contribution in [3.05, 3.63) is 60.2 Å². The van der Waals surface area contributed by atoms with E-state index in [1.807, 2.05) is 24.5 Å². The van der Waals surface area contributed by atoms with Crippen LogP contribution in [-0.2, 0) is 32.3 Å². The topological polar surface area (TPSA) is 153 Å². The third-order valence-corrected chi connectivity index (χ3v) is 6.60. The number of rotatable bonds is 6. The van der Waals surface area contributed by atoms with Crippen LogP contribution in [0.25, 0.3) is 0 Å². The van der Waals surface area contributed by atoms with E-state index in [-0.39, 0.29) is 0 Å². The van der Waals surface area contributed by atoms with Gasteiger partial charge >= 0.3 is 36.4 Å². The van der Waals surface area contributed by atoms with E-state index in [0.717, 1.165) is 38.3 Å². The maximum absolute atomic E-state index is 10.6. The summed E-state index contributed by atoms with van der Waals surface area (Å²) >= 11 is 0. The summed E-state index contributed by atoms with van der Waals surface area (Å²) in [7, 11) is 2.24. The minimum Gasteiger partial charge on any atom is -0.475 e. The molecule has 2 saturated heterocycles. The fraction of sp³-hybridized carbons (Fsp3) is 0.519. The third kappa shape index (κ3) is 15.4. The molecule has 0 unspecified atom stereocenters. The Labute approximate surface area is 261 Å². The average molecular weight is 695 g/mol. The maximum Gasteiger partial charge on any atom is 0.490 e. The second kappa shape index (κ2) is 17.8. The molecular formula is C27H31F9N4O7. The van der Waals surface area contributed by atoms with Crippen LogP contribution >= 0.6 is 0 Å². The van der Waals surface area contributed by atoms with E-state index in [1.165, 1.54) is 18.7 Å². The van der Waals surface area contributed by atoms with Gasteiger partial charge in [0.15, 0.2) is 0 Å². The molecule has 2 aromatic heterocycles. The number of aromatic nitrogens is 2. The second-order valence-corrected chi connectivity index (χ2v) is 10.3. The standard InChI is InChI=1S/C21H28N4O.3C2HF3O2/c1-24-12-19(15-26-14-18-5-4-8-22-11-18)21(16-24)7-10-25(17-21)13-20-6-2-3-9-23-20;3*3-2(4,5)1(6)7/h2-6,8-9,11,19H,7,10,12-17H2,1H3;3*(H,6,7)/t19-,21+;;;/m0.../s1. The summed E-state index contributed by atoms with van der Waals surface area (Å²) in [6.07, 6.45) is -8.41. The fourth-order valence-corrected chi connectivity index (χ4v) is 4.64. The number of carboxylic acid groups (broad SMARTS) is 3. The molecule has 2 aliphatic rings. The van der Waals surface area contributed by atoms with Crippen LogP contribution in [0.1, 0.15) is 17.7 Å². The van der Waals surface area contributed by atoms with Gasteiger partial charge in [-0.2, -0.15) is 39.5 Å². The Bertz CT molecular complexity index is 1210. The minimum absolute atomic E-state index is 0.360. The van der Waals surface area contributed by atoms with Crippen molar-refractivity contribution in [3.63, 3.8) is 0 Å². The number of hydrogen-bond acceptors (Lipinski definition) is 8. The van der Waals surface area contributed by atoms with Gasteiger partial charge in [-0.15, -0.1) is 0 Å². The van der Waals surface area contributed by atoms with Gasteiger partial charge in [0.2, 0.25) is 0 Å². The molecule has 20 heteroatoms. The molecule has 4 heterocycles. The Balaban J connectivity index is 0.000000430. The third-order valence-electron chi connectivity index (χ3n) is 6.60. The number of hydrogen-bond donors (Lipinski definition) is 3. The molecule has 11 nitrogen and oxygen atoms in total. The highest BCUT2D eigenvalue weighted by atomic mass is 19.4. The van der Waals surface area contributed by atoms with Crippen LogP contribution < -0.4 is 0 Å². The lowest BCUT2D eigenvalue weighted by Crippen LogP contribution is -2.36. The Morgan fingerprint density at radius 2 is 1.43 bits per heavy atom. The Kier molecular flexibility index (Phi) is 15.5. The van der Waals surface area contributed by atoms with Gasteiger partial charge in [0.05, 0.1) is 18.9 Å². The number of nitrogens with zero attached hydrogens (tertiary/aromatic N) is 4. The molecule has 264 valence electrons. The van der Waals surface area contributed by atoms with E-state index < -0.39 is 36.4 Å². The largest absolute Gasteiger partial charge is 0.490 e. The normalized spacial score (nSPS) is 19.8. The summed E-state index contributed by atoms with van der Waals surface area (Å²) in [4.78, 5) is 40.4. The molecular weight excluding hydrogens is 663 g/mol. The molecule has 4 rings (SSSR count). The summed E-state index contributed by atoms with van der Waals surface area (Å²) in [5.41, 5.74) is 2.68. The quantitative estimate of drug-likeness (QED) is 0.370. The zero-order valence-electron chi connectivity index (χ0n) is 24.5. The van der Waals surface area contributed by atoms with Crippen molar-refractivity contribution < 1.29 is 74.0 Å². The summed E-state index contributed by atoms with van der Waals surface area (Å²) in [5.74, 6) is -7.68. The van der Waals surface area contributed by atoms with Gasteiger partial charge in [0.25, 0.3) is 0 Å². The van der Waals surface area contributed by atoms with Crippen molar-refractivity contribution in [2.75, 3.05) is 39.8 Å². The van der Waals surface area contributed by atoms with Crippen LogP contribution in [-0.4, -0.2) is 111 Å². The minimum atomic E-state index is -5.08. The summed E-state index contributed by atoms with van der Waals surface area (Å²) in [6, 6.07) is 10.2. The molecule has 2 aromatic rings. The lowest BCUT2D eigenvalue weighted by atomic mass is 9.77. The molecule has 47 heavy (non-hydrogen) atoms. The highest BCUT2D eigenvalue weighted by molar-refractivity contribution is 5.73. The van der Waals surface area contributed by atoms with E-state index in [4.69, 9.17) is 34.4 Å². The van der Waals surface area contributed by atoms with Crippen molar-refractivity contribution >= 4 is 17.9 Å². The van der Waals surface area contributed by atoms with Crippen LogP contribution in [0.5, 0.6) is 0 Å². The lowest BCUT2D eigenvalue weighted by Gasteiger charge is -2.30. The predicted octanol–water partition coefficient (Wildman–Crippen LogP) is 4.35. The van der Waals surface area contributed by atoms with Gasteiger partial charge < -0.3 is 25.0 Å². The molecule has 3 N–H and O–H groups in total. The molecule has 2 atom stereocenters. The van der Waals surface area contributed by atoms with Crippen LogP contribution in [0.15, 0.2) is 48.9 Å². The molecule has 0 radical (unpaired) electrons. The highest BCUT2D eigenvalue weighted by Gasteiger charge is 2.49. The van der Waals surface area contributed by atoms with Crippen LogP contribution in [0.2, 0.25) is 0 Å². The van der Waals surface area contributed by atoms with Crippen molar-refractivity contribution in [2.45, 2.75) is 38.1 Å². The smallest absolute Gasteiger partial charge is 0.475 e. The van der Waals surface area contributed by atoms with E-state index in [2.05, 4.69) is 45.0 Å². The molecule has 0 aromatic carbocycles. The van der Waals surface area contributed by atoms with Crippen molar-refractivity contribution in [3.8, 4) is 0 Å². The van der Waals surface area contributed by atoms with Crippen LogP contribution in [0.3, 0.4) is 0 Å². The zero-order valence-corrected chi connectivity index (χ0v) is 24.5. The molecule has 0 amide bonds. The summed E-state index contributed by atoms with van der Waals surface area (Å²) < 4.78 is 101. The Morgan fingerprint density at radius 3 is 1.87 bits per heavy atom. The van der Waals surface area contributed by atoms with E-state index in [1.54, 1.807) is 6.20 Å². The number of carbonyl (C=O) groups is 3. The highest BCUT2D eigenvalue weighted by Crippen LogP contribution is 2.44. The molecule has 0 aliphatic carbocycles. The molecule has 2 fully saturated rings. The SMILES string of the molecule is CN1C[C@@H](COCc2cccnc2)[C@]2(CCN(Cc3ccccn3)C2)C1.O=C(O)C(F)(F)F.O=C(O)C(F)(F)F.O=C(O)C(F)(F)F. The average Bonchev–Trinajstić information content (AvgIpc) is 3.50. The molecule has 1 spiro atoms. The fourth-order valence-electron chi connectivity index (χ4n) is 4.64. The maximum atomic E-state index is 10.6. The van der Waals surface area contributed by atoms with Crippen molar-refractivity contribution in [2.24, 2.45) is 11.3 Å². The first-order valence-corrected chi connectivity index (χ1v) is 13.2. The van der Waals surface area contributed by atoms with E-state index in [9.17, 15) is 39.5 Å². The molecule has 0 bridgehead atoms. The number of pyridine rings is 2. The monoisotopic (exact) mass is 694 g/mol. The van der Waals surface area contributed by atoms with Gasteiger partial charge in [0.1, 0.15) is 0 Å². The number of aliphatic carboxylic acids is 3. The molecule has 2 aliphatic heterocycles. The Hall–Kier alpha value is -4.04. The number of likely N-dealkylation sites (tertiary alicyclic amines) is 2. The van der Waals surface area contributed by atoms with Gasteiger partial charge in [0, 0.05) is 56.1 Å². The predicted molar refractivity (Wildman–Crippen MR) is 143 cm³/mol. The van der Waals surface area contributed by atoms with Gasteiger partial charge in [-0.25, -0.2) is 14.4 Å². The van der Waals surface area contributed by atoms with Gasteiger partial charge in [-0.1, -0.05) is 12.1 Å². The zero-order chi connectivity index (χ0) is 36.1. The summed E-state index contributed by atoms with van der Waals surface area (Å²) in [6.45, 7) is 7.05. The number of alkyl halides is 9. The van der Waals surface area contributed by atoms with Crippen LogP contribution in [0.4, 0.5) is 39.5 Å². The van der Waals surface area contributed by atoms with Gasteiger partial charge in [-0.3, -0.25) is 14.9 Å². The number of halogens is 9. The number of carboxylic acids is 3. The first kappa shape index (κ1) is 41.0. The van der Waals surface area contributed by atoms with Crippen molar-refractivity contribution in [1.82, 2.24) is 19.8 Å².